The Morgan fingerprint density at radius 2 is 1.80 bits per heavy atom. The number of fused-ring (bicyclic) bond motifs is 1. The summed E-state index contributed by atoms with van der Waals surface area (Å²) in [6.45, 7) is 10.7. The lowest BCUT2D eigenvalue weighted by atomic mass is 10.1. The Labute approximate surface area is 125 Å². The average Bonchev–Trinajstić information content (AvgIpc) is 2.69. The van der Waals surface area contributed by atoms with Crippen molar-refractivity contribution in [2.75, 3.05) is 32.7 Å². The normalized spacial score (nSPS) is 23.4. The van der Waals surface area contributed by atoms with Crippen molar-refractivity contribution in [3.8, 4) is 0 Å². The molecule has 0 aromatic rings. The van der Waals surface area contributed by atoms with Crippen molar-refractivity contribution in [3.05, 3.63) is 0 Å². The number of amidine groups is 1. The van der Waals surface area contributed by atoms with E-state index in [2.05, 4.69) is 23.6 Å². The molecule has 1 fully saturated rings. The van der Waals surface area contributed by atoms with E-state index in [0.717, 1.165) is 12.6 Å². The zero-order valence-electron chi connectivity index (χ0n) is 13.6. The predicted molar refractivity (Wildman–Crippen MR) is 87.5 cm³/mol. The molecule has 0 N–H and O–H groups in total. The molecule has 0 radical (unpaired) electrons. The SMILES string of the molecule is CCCCN(CCCC)C1CCCN2CCCN=C2C1. The minimum Gasteiger partial charge on any atom is -0.360 e. The van der Waals surface area contributed by atoms with Crippen LogP contribution in [0.15, 0.2) is 4.99 Å². The number of unbranched alkanes of at least 4 members (excludes halogenated alkanes) is 2. The molecule has 1 unspecified atom stereocenters. The number of hydrogen-bond donors (Lipinski definition) is 0. The van der Waals surface area contributed by atoms with Gasteiger partial charge in [0.1, 0.15) is 5.84 Å². The molecule has 0 bridgehead atoms. The van der Waals surface area contributed by atoms with Crippen LogP contribution in [0.4, 0.5) is 0 Å². The Kier molecular flexibility index (Phi) is 6.85. The lowest BCUT2D eigenvalue weighted by Gasteiger charge is -2.33. The molecule has 0 aliphatic carbocycles. The van der Waals surface area contributed by atoms with Crippen LogP contribution >= 0.6 is 0 Å². The molecule has 0 saturated carbocycles. The van der Waals surface area contributed by atoms with Gasteiger partial charge in [0.2, 0.25) is 0 Å². The fourth-order valence-corrected chi connectivity index (χ4v) is 3.47. The first-order valence-corrected chi connectivity index (χ1v) is 8.87. The molecule has 20 heavy (non-hydrogen) atoms. The van der Waals surface area contributed by atoms with Gasteiger partial charge < -0.3 is 4.90 Å². The third kappa shape index (κ3) is 4.47. The second-order valence-corrected chi connectivity index (χ2v) is 6.38. The minimum atomic E-state index is 0.745. The number of aliphatic imine (C=N–C) groups is 1. The van der Waals surface area contributed by atoms with E-state index < -0.39 is 0 Å². The molecule has 0 spiro atoms. The topological polar surface area (TPSA) is 18.8 Å². The minimum absolute atomic E-state index is 0.745. The van der Waals surface area contributed by atoms with Crippen molar-refractivity contribution in [3.63, 3.8) is 0 Å². The van der Waals surface area contributed by atoms with E-state index in [9.17, 15) is 0 Å². The van der Waals surface area contributed by atoms with Crippen LogP contribution in [-0.2, 0) is 0 Å². The summed E-state index contributed by atoms with van der Waals surface area (Å²) >= 11 is 0. The zero-order valence-corrected chi connectivity index (χ0v) is 13.6. The van der Waals surface area contributed by atoms with E-state index >= 15 is 0 Å². The molecule has 1 saturated heterocycles. The summed E-state index contributed by atoms with van der Waals surface area (Å²) < 4.78 is 0. The summed E-state index contributed by atoms with van der Waals surface area (Å²) in [5.74, 6) is 1.41. The Morgan fingerprint density at radius 1 is 1.10 bits per heavy atom. The quantitative estimate of drug-likeness (QED) is 0.710. The van der Waals surface area contributed by atoms with Crippen LogP contribution in [-0.4, -0.2) is 54.4 Å². The van der Waals surface area contributed by atoms with Gasteiger partial charge in [-0.15, -0.1) is 0 Å². The first kappa shape index (κ1) is 15.8. The van der Waals surface area contributed by atoms with Crippen LogP contribution in [0.2, 0.25) is 0 Å². The first-order chi connectivity index (χ1) is 9.85. The van der Waals surface area contributed by atoms with Gasteiger partial charge in [0.25, 0.3) is 0 Å². The summed E-state index contributed by atoms with van der Waals surface area (Å²) in [6.07, 6.45) is 10.5. The van der Waals surface area contributed by atoms with Crippen molar-refractivity contribution in [2.24, 2.45) is 4.99 Å². The van der Waals surface area contributed by atoms with E-state index in [1.54, 1.807) is 0 Å². The fraction of sp³-hybridized carbons (Fsp3) is 0.941. The molecular formula is C17H33N3. The maximum atomic E-state index is 4.82. The van der Waals surface area contributed by atoms with E-state index in [1.807, 2.05) is 0 Å². The van der Waals surface area contributed by atoms with Gasteiger partial charge in [-0.3, -0.25) is 9.89 Å². The van der Waals surface area contributed by atoms with E-state index in [1.165, 1.54) is 83.4 Å². The van der Waals surface area contributed by atoms with Gasteiger partial charge >= 0.3 is 0 Å². The largest absolute Gasteiger partial charge is 0.360 e. The van der Waals surface area contributed by atoms with Crippen LogP contribution in [0.5, 0.6) is 0 Å². The molecule has 2 aliphatic heterocycles. The van der Waals surface area contributed by atoms with E-state index in [4.69, 9.17) is 4.99 Å². The van der Waals surface area contributed by atoms with Crippen LogP contribution < -0.4 is 0 Å². The third-order valence-electron chi connectivity index (χ3n) is 4.74. The summed E-state index contributed by atoms with van der Waals surface area (Å²) in [5, 5.41) is 0. The highest BCUT2D eigenvalue weighted by molar-refractivity contribution is 5.83. The molecule has 116 valence electrons. The van der Waals surface area contributed by atoms with Crippen molar-refractivity contribution in [1.29, 1.82) is 0 Å². The predicted octanol–water partition coefficient (Wildman–Crippen LogP) is 3.55. The van der Waals surface area contributed by atoms with Gasteiger partial charge in [-0.2, -0.15) is 0 Å². The summed E-state index contributed by atoms with van der Waals surface area (Å²) in [6, 6.07) is 0.745. The Hall–Kier alpha value is -0.570. The molecule has 1 atom stereocenters. The highest BCUT2D eigenvalue weighted by Gasteiger charge is 2.26. The smallest absolute Gasteiger partial charge is 0.100 e. The first-order valence-electron chi connectivity index (χ1n) is 8.87. The van der Waals surface area contributed by atoms with Crippen LogP contribution in [0.3, 0.4) is 0 Å². The monoisotopic (exact) mass is 279 g/mol. The van der Waals surface area contributed by atoms with Gasteiger partial charge in [-0.05, 0) is 45.2 Å². The summed E-state index contributed by atoms with van der Waals surface area (Å²) in [5.41, 5.74) is 0. The highest BCUT2D eigenvalue weighted by atomic mass is 15.2. The zero-order chi connectivity index (χ0) is 14.2. The Morgan fingerprint density at radius 3 is 2.50 bits per heavy atom. The fourth-order valence-electron chi connectivity index (χ4n) is 3.47. The van der Waals surface area contributed by atoms with Crippen LogP contribution in [0.25, 0.3) is 0 Å². The maximum Gasteiger partial charge on any atom is 0.100 e. The lowest BCUT2D eigenvalue weighted by Crippen LogP contribution is -2.41. The van der Waals surface area contributed by atoms with Gasteiger partial charge in [-0.25, -0.2) is 0 Å². The molecule has 2 rings (SSSR count). The summed E-state index contributed by atoms with van der Waals surface area (Å²) in [4.78, 5) is 10.1. The second-order valence-electron chi connectivity index (χ2n) is 6.38. The molecule has 0 aromatic carbocycles. The van der Waals surface area contributed by atoms with E-state index in [0.29, 0.717) is 0 Å². The van der Waals surface area contributed by atoms with Gasteiger partial charge in [-0.1, -0.05) is 26.7 Å². The van der Waals surface area contributed by atoms with Crippen molar-refractivity contribution in [2.45, 2.75) is 71.3 Å². The molecule has 2 heterocycles. The number of rotatable bonds is 7. The Balaban J connectivity index is 1.97. The third-order valence-corrected chi connectivity index (χ3v) is 4.74. The standard InChI is InChI=1S/C17H33N3/c1-3-5-11-19(12-6-4-2)16-9-7-13-20-14-8-10-18-17(20)15-16/h16H,3-15H2,1-2H3. The molecule has 3 heteroatoms. The summed E-state index contributed by atoms with van der Waals surface area (Å²) in [7, 11) is 0. The molecule has 0 amide bonds. The molecular weight excluding hydrogens is 246 g/mol. The van der Waals surface area contributed by atoms with Gasteiger partial charge in [0.05, 0.1) is 0 Å². The van der Waals surface area contributed by atoms with Crippen molar-refractivity contribution >= 4 is 5.84 Å². The van der Waals surface area contributed by atoms with Crippen molar-refractivity contribution in [1.82, 2.24) is 9.80 Å². The second kappa shape index (κ2) is 8.66. The molecule has 3 nitrogen and oxygen atoms in total. The van der Waals surface area contributed by atoms with Crippen LogP contribution in [0, 0.1) is 0 Å². The lowest BCUT2D eigenvalue weighted by molar-refractivity contribution is 0.185. The van der Waals surface area contributed by atoms with Crippen molar-refractivity contribution < 1.29 is 0 Å². The number of nitrogens with zero attached hydrogens (tertiary/aromatic N) is 3. The molecule has 2 aliphatic rings. The highest BCUT2D eigenvalue weighted by Crippen LogP contribution is 2.21. The van der Waals surface area contributed by atoms with Gasteiger partial charge in [0, 0.05) is 32.1 Å². The molecule has 0 aromatic heterocycles. The van der Waals surface area contributed by atoms with E-state index in [-0.39, 0.29) is 0 Å². The van der Waals surface area contributed by atoms with Crippen LogP contribution in [0.1, 0.15) is 65.2 Å². The Bertz CT molecular complexity index is 293. The number of hydrogen-bond acceptors (Lipinski definition) is 3. The maximum absolute atomic E-state index is 4.82. The van der Waals surface area contributed by atoms with Gasteiger partial charge in [0.15, 0.2) is 0 Å². The average molecular weight is 279 g/mol.